The zero-order valence-corrected chi connectivity index (χ0v) is 23.7. The molecule has 0 radical (unpaired) electrons. The van der Waals surface area contributed by atoms with E-state index in [4.69, 9.17) is 22.1 Å². The summed E-state index contributed by atoms with van der Waals surface area (Å²) in [6, 6.07) is 9.96. The van der Waals surface area contributed by atoms with Gasteiger partial charge >= 0.3 is 5.97 Å². The Kier molecular flexibility index (Phi) is 8.90. The first kappa shape index (κ1) is 29.0. The lowest BCUT2D eigenvalue weighted by Crippen LogP contribution is -2.52. The molecule has 0 spiro atoms. The first-order valence-corrected chi connectivity index (χ1v) is 14.6. The largest absolute Gasteiger partial charge is 0.478 e. The molecule has 1 unspecified atom stereocenters. The highest BCUT2D eigenvalue weighted by Crippen LogP contribution is 2.37. The SMILES string of the molecule is O=C(O)c1ccc(NC(=O)[C@H](CC2COCCN2)N2C(=O)C(=Cc3cc(-c4ccc(F)c(F)c4)cs3)SC2=S)cc1. The number of amides is 2. The van der Waals surface area contributed by atoms with Gasteiger partial charge in [0.1, 0.15) is 10.4 Å². The van der Waals surface area contributed by atoms with Gasteiger partial charge in [-0.15, -0.1) is 11.3 Å². The van der Waals surface area contributed by atoms with Crippen LogP contribution < -0.4 is 10.6 Å². The van der Waals surface area contributed by atoms with Crippen LogP contribution in [0.2, 0.25) is 0 Å². The fraction of sp³-hybridized carbons (Fsp3) is 0.214. The summed E-state index contributed by atoms with van der Waals surface area (Å²) >= 11 is 7.95. The number of nitrogens with zero attached hydrogens (tertiary/aromatic N) is 1. The molecule has 8 nitrogen and oxygen atoms in total. The highest BCUT2D eigenvalue weighted by Gasteiger charge is 2.41. The van der Waals surface area contributed by atoms with E-state index in [0.29, 0.717) is 46.4 Å². The summed E-state index contributed by atoms with van der Waals surface area (Å²) in [5.74, 6) is -3.87. The maximum atomic E-state index is 13.7. The van der Waals surface area contributed by atoms with Crippen molar-refractivity contribution in [3.8, 4) is 11.1 Å². The summed E-state index contributed by atoms with van der Waals surface area (Å²) in [5, 5.41) is 17.0. The molecule has 3 heterocycles. The van der Waals surface area contributed by atoms with E-state index >= 15 is 0 Å². The highest BCUT2D eigenvalue weighted by atomic mass is 32.2. The average Bonchev–Trinajstić information content (AvgIpc) is 3.53. The van der Waals surface area contributed by atoms with Gasteiger partial charge in [-0.05, 0) is 71.5 Å². The topological polar surface area (TPSA) is 108 Å². The van der Waals surface area contributed by atoms with Crippen molar-refractivity contribution in [2.24, 2.45) is 0 Å². The molecule has 2 fully saturated rings. The zero-order chi connectivity index (χ0) is 29.1. The number of ether oxygens (including phenoxy) is 1. The number of nitrogens with one attached hydrogen (secondary N) is 2. The van der Waals surface area contributed by atoms with Gasteiger partial charge in [0.2, 0.25) is 5.91 Å². The third-order valence-corrected chi connectivity index (χ3v) is 8.70. The van der Waals surface area contributed by atoms with Crippen molar-refractivity contribution in [3.63, 3.8) is 0 Å². The number of carbonyl (C=O) groups is 3. The van der Waals surface area contributed by atoms with Gasteiger partial charge in [0.25, 0.3) is 5.91 Å². The quantitative estimate of drug-likeness (QED) is 0.241. The Hall–Kier alpha value is -3.49. The molecule has 0 bridgehead atoms. The normalized spacial score (nSPS) is 19.0. The number of carboxylic acids is 1. The number of halogens is 2. The predicted octanol–water partition coefficient (Wildman–Crippen LogP) is 4.98. The second kappa shape index (κ2) is 12.6. The molecule has 5 rings (SSSR count). The standard InChI is InChI=1S/C28H23F2N3O5S3/c29-21-6-3-16(10-22(21)30)17-9-20(40-14-17)12-24-26(35)33(28(39)41-24)23(11-19-13-38-8-7-31-19)25(34)32-18-4-1-15(2-5-18)27(36)37/h1-6,9-10,12,14,19,23,31H,7-8,11,13H2,(H,32,34)(H,36,37)/t19?,23-/m0/s1. The van der Waals surface area contributed by atoms with Crippen molar-refractivity contribution < 1.29 is 33.0 Å². The molecule has 2 saturated heterocycles. The number of morpholine rings is 1. The molecule has 0 saturated carbocycles. The van der Waals surface area contributed by atoms with E-state index in [0.717, 1.165) is 23.9 Å². The summed E-state index contributed by atoms with van der Waals surface area (Å²) in [6.07, 6.45) is 1.90. The predicted molar refractivity (Wildman–Crippen MR) is 158 cm³/mol. The van der Waals surface area contributed by atoms with Crippen molar-refractivity contribution in [1.29, 1.82) is 0 Å². The fourth-order valence-corrected chi connectivity index (χ4v) is 6.70. The molecule has 0 aliphatic carbocycles. The molecule has 41 heavy (non-hydrogen) atoms. The molecule has 2 atom stereocenters. The van der Waals surface area contributed by atoms with E-state index in [1.165, 1.54) is 46.6 Å². The van der Waals surface area contributed by atoms with Crippen LogP contribution in [-0.2, 0) is 14.3 Å². The minimum Gasteiger partial charge on any atom is -0.478 e. The van der Waals surface area contributed by atoms with Crippen LogP contribution in [0, 0.1) is 11.6 Å². The van der Waals surface area contributed by atoms with Crippen LogP contribution in [0.1, 0.15) is 21.7 Å². The molecular weight excluding hydrogens is 593 g/mol. The van der Waals surface area contributed by atoms with Crippen LogP contribution in [0.4, 0.5) is 14.5 Å². The van der Waals surface area contributed by atoms with Crippen LogP contribution in [0.3, 0.4) is 0 Å². The zero-order valence-electron chi connectivity index (χ0n) is 21.3. The summed E-state index contributed by atoms with van der Waals surface area (Å²) in [4.78, 5) is 40.6. The molecule has 2 amide bonds. The van der Waals surface area contributed by atoms with Gasteiger partial charge in [-0.2, -0.15) is 0 Å². The summed E-state index contributed by atoms with van der Waals surface area (Å²) in [5.41, 5.74) is 1.63. The number of thiophene rings is 1. The summed E-state index contributed by atoms with van der Waals surface area (Å²) in [6.45, 7) is 1.51. The van der Waals surface area contributed by atoms with Gasteiger partial charge in [0.15, 0.2) is 11.6 Å². The van der Waals surface area contributed by atoms with Gasteiger partial charge in [-0.1, -0.05) is 30.0 Å². The number of thiocarbonyl (C=S) groups is 1. The highest BCUT2D eigenvalue weighted by molar-refractivity contribution is 8.26. The number of hydrogen-bond acceptors (Lipinski definition) is 8. The Labute approximate surface area is 247 Å². The van der Waals surface area contributed by atoms with E-state index in [-0.39, 0.29) is 22.3 Å². The third-order valence-electron chi connectivity index (χ3n) is 6.49. The molecule has 212 valence electrons. The lowest BCUT2D eigenvalue weighted by Gasteiger charge is -2.31. The first-order valence-electron chi connectivity index (χ1n) is 12.5. The molecule has 3 aromatic rings. The number of aromatic carboxylic acids is 1. The van der Waals surface area contributed by atoms with E-state index < -0.39 is 35.5 Å². The molecule has 13 heteroatoms. The number of anilines is 1. The minimum absolute atomic E-state index is 0.0754. The Balaban J connectivity index is 1.37. The van der Waals surface area contributed by atoms with Crippen LogP contribution in [0.25, 0.3) is 17.2 Å². The van der Waals surface area contributed by atoms with E-state index in [1.54, 1.807) is 17.5 Å². The first-order chi connectivity index (χ1) is 19.7. The molecule has 2 aliphatic rings. The van der Waals surface area contributed by atoms with Crippen LogP contribution in [-0.4, -0.2) is 64.0 Å². The number of hydrogen-bond donors (Lipinski definition) is 3. The second-order valence-corrected chi connectivity index (χ2v) is 11.9. The number of carboxylic acid groups (broad SMARTS) is 1. The maximum Gasteiger partial charge on any atom is 0.335 e. The molecular formula is C28H23F2N3O5S3. The molecule has 2 aliphatic heterocycles. The molecule has 2 aromatic carbocycles. The van der Waals surface area contributed by atoms with Crippen molar-refractivity contribution in [2.75, 3.05) is 25.1 Å². The van der Waals surface area contributed by atoms with Crippen LogP contribution >= 0.6 is 35.3 Å². The summed E-state index contributed by atoms with van der Waals surface area (Å²) < 4.78 is 32.8. The smallest absolute Gasteiger partial charge is 0.335 e. The monoisotopic (exact) mass is 615 g/mol. The number of thioether (sulfide) groups is 1. The van der Waals surface area contributed by atoms with E-state index in [1.807, 2.05) is 0 Å². The lowest BCUT2D eigenvalue weighted by molar-refractivity contribution is -0.130. The van der Waals surface area contributed by atoms with Crippen LogP contribution in [0.5, 0.6) is 0 Å². The number of carbonyl (C=O) groups excluding carboxylic acids is 2. The maximum absolute atomic E-state index is 13.7. The van der Waals surface area contributed by atoms with E-state index in [9.17, 15) is 23.2 Å². The van der Waals surface area contributed by atoms with E-state index in [2.05, 4.69) is 10.6 Å². The minimum atomic E-state index is -1.09. The van der Waals surface area contributed by atoms with Crippen molar-refractivity contribution >= 4 is 69.2 Å². The van der Waals surface area contributed by atoms with Crippen LogP contribution in [0.15, 0.2) is 58.8 Å². The van der Waals surface area contributed by atoms with Gasteiger partial charge in [0, 0.05) is 23.2 Å². The molecule has 1 aromatic heterocycles. The average molecular weight is 616 g/mol. The Morgan fingerprint density at radius 3 is 2.63 bits per heavy atom. The Morgan fingerprint density at radius 2 is 1.95 bits per heavy atom. The molecule has 3 N–H and O–H groups in total. The fourth-order valence-electron chi connectivity index (χ4n) is 4.43. The Morgan fingerprint density at radius 1 is 1.17 bits per heavy atom. The van der Waals surface area contributed by atoms with Gasteiger partial charge in [-0.25, -0.2) is 13.6 Å². The number of rotatable bonds is 8. The Bertz CT molecular complexity index is 1540. The third kappa shape index (κ3) is 6.71. The number of benzene rings is 2. The second-order valence-electron chi connectivity index (χ2n) is 9.27. The van der Waals surface area contributed by atoms with Gasteiger partial charge < -0.3 is 20.5 Å². The van der Waals surface area contributed by atoms with Crippen molar-refractivity contribution in [1.82, 2.24) is 10.2 Å². The summed E-state index contributed by atoms with van der Waals surface area (Å²) in [7, 11) is 0. The van der Waals surface area contributed by atoms with Crippen molar-refractivity contribution in [3.05, 3.63) is 80.9 Å². The van der Waals surface area contributed by atoms with Gasteiger partial charge in [-0.3, -0.25) is 14.5 Å². The lowest BCUT2D eigenvalue weighted by atomic mass is 10.0. The van der Waals surface area contributed by atoms with Gasteiger partial charge in [0.05, 0.1) is 23.7 Å². The van der Waals surface area contributed by atoms with Crippen molar-refractivity contribution in [2.45, 2.75) is 18.5 Å².